The van der Waals surface area contributed by atoms with E-state index in [1.165, 1.54) is 0 Å². The second-order valence-corrected chi connectivity index (χ2v) is 3.52. The largest absolute Gasteiger partial charge is 0.351 e. The van der Waals surface area contributed by atoms with Crippen LogP contribution in [0.1, 0.15) is 25.7 Å². The van der Waals surface area contributed by atoms with Crippen molar-refractivity contribution in [3.8, 4) is 0 Å². The van der Waals surface area contributed by atoms with Crippen molar-refractivity contribution in [2.45, 2.75) is 37.8 Å². The van der Waals surface area contributed by atoms with Gasteiger partial charge in [-0.25, -0.2) is 4.79 Å². The predicted octanol–water partition coefficient (Wildman–Crippen LogP) is 0.267. The fraction of sp³-hybridized carbons (Fsp3) is 0.875. The van der Waals surface area contributed by atoms with Crippen molar-refractivity contribution in [1.82, 2.24) is 4.90 Å². The van der Waals surface area contributed by atoms with Crippen LogP contribution in [-0.2, 0) is 0 Å². The number of carbonyl (C=O) groups excluding carboxylic acids is 1. The highest BCUT2D eigenvalue weighted by Crippen LogP contribution is 2.20. The fourth-order valence-corrected chi connectivity index (χ4v) is 1.67. The Bertz CT molecular complexity index is 164. The summed E-state index contributed by atoms with van der Waals surface area (Å²) in [6.45, 7) is 0. The molecule has 1 rings (SSSR count). The highest BCUT2D eigenvalue weighted by molar-refractivity contribution is 5.72. The van der Waals surface area contributed by atoms with E-state index in [0.717, 1.165) is 25.7 Å². The van der Waals surface area contributed by atoms with Gasteiger partial charge in [0, 0.05) is 19.1 Å². The molecule has 4 nitrogen and oxygen atoms in total. The molecule has 4 N–H and O–H groups in total. The molecule has 0 bridgehead atoms. The molecule has 1 aliphatic carbocycles. The molecule has 0 aromatic heterocycles. The van der Waals surface area contributed by atoms with Crippen molar-refractivity contribution in [3.05, 3.63) is 0 Å². The van der Waals surface area contributed by atoms with Gasteiger partial charge in [-0.2, -0.15) is 0 Å². The maximum atomic E-state index is 10.8. The van der Waals surface area contributed by atoms with Crippen LogP contribution in [0.15, 0.2) is 0 Å². The van der Waals surface area contributed by atoms with E-state index >= 15 is 0 Å². The molecular weight excluding hydrogens is 154 g/mol. The standard InChI is InChI=1S/C8H17N3O/c1-11(8(10)12)7-4-2-6(9)3-5-7/h6-7H,2-5,9H2,1H3,(H2,10,12). The highest BCUT2D eigenvalue weighted by atomic mass is 16.2. The van der Waals surface area contributed by atoms with Gasteiger partial charge < -0.3 is 16.4 Å². The average Bonchev–Trinajstić information content (AvgIpc) is 2.04. The van der Waals surface area contributed by atoms with Crippen LogP contribution in [0, 0.1) is 0 Å². The molecule has 0 aromatic rings. The normalized spacial score (nSPS) is 29.8. The Hall–Kier alpha value is -0.770. The number of nitrogens with zero attached hydrogens (tertiary/aromatic N) is 1. The van der Waals surface area contributed by atoms with Crippen molar-refractivity contribution in [3.63, 3.8) is 0 Å². The van der Waals surface area contributed by atoms with Gasteiger partial charge in [0.25, 0.3) is 0 Å². The molecule has 1 fully saturated rings. The maximum absolute atomic E-state index is 10.8. The van der Waals surface area contributed by atoms with Crippen LogP contribution in [0.2, 0.25) is 0 Å². The maximum Gasteiger partial charge on any atom is 0.314 e. The number of amides is 2. The van der Waals surface area contributed by atoms with Crippen LogP contribution in [0.3, 0.4) is 0 Å². The Morgan fingerprint density at radius 2 is 1.83 bits per heavy atom. The molecule has 2 amide bonds. The molecule has 0 aliphatic heterocycles. The number of urea groups is 1. The number of hydrogen-bond acceptors (Lipinski definition) is 2. The molecule has 0 atom stereocenters. The number of rotatable bonds is 1. The monoisotopic (exact) mass is 171 g/mol. The Kier molecular flexibility index (Phi) is 2.92. The zero-order chi connectivity index (χ0) is 9.14. The molecule has 1 aliphatic rings. The molecule has 0 aromatic carbocycles. The minimum atomic E-state index is -0.338. The SMILES string of the molecule is CN(C(N)=O)C1CCC(N)CC1. The van der Waals surface area contributed by atoms with Gasteiger partial charge in [-0.15, -0.1) is 0 Å². The smallest absolute Gasteiger partial charge is 0.314 e. The minimum absolute atomic E-state index is 0.308. The van der Waals surface area contributed by atoms with Gasteiger partial charge in [0.1, 0.15) is 0 Å². The Labute approximate surface area is 72.9 Å². The predicted molar refractivity (Wildman–Crippen MR) is 47.6 cm³/mol. The summed E-state index contributed by atoms with van der Waals surface area (Å²) < 4.78 is 0. The molecule has 0 saturated heterocycles. The Balaban J connectivity index is 2.39. The molecule has 70 valence electrons. The summed E-state index contributed by atoms with van der Waals surface area (Å²) in [6, 6.07) is 0.292. The van der Waals surface area contributed by atoms with Crippen molar-refractivity contribution in [2.24, 2.45) is 11.5 Å². The zero-order valence-electron chi connectivity index (χ0n) is 7.49. The molecule has 1 saturated carbocycles. The van der Waals surface area contributed by atoms with Gasteiger partial charge in [0.2, 0.25) is 0 Å². The summed E-state index contributed by atoms with van der Waals surface area (Å²) in [4.78, 5) is 12.4. The van der Waals surface area contributed by atoms with Crippen molar-refractivity contribution >= 4 is 6.03 Å². The summed E-state index contributed by atoms with van der Waals surface area (Å²) in [6.07, 6.45) is 3.98. The number of primary amides is 1. The number of hydrogen-bond donors (Lipinski definition) is 2. The highest BCUT2D eigenvalue weighted by Gasteiger charge is 2.23. The Morgan fingerprint density at radius 1 is 1.33 bits per heavy atom. The van der Waals surface area contributed by atoms with E-state index in [1.54, 1.807) is 11.9 Å². The molecule has 0 spiro atoms. The van der Waals surface area contributed by atoms with Gasteiger partial charge >= 0.3 is 6.03 Å². The van der Waals surface area contributed by atoms with Gasteiger partial charge in [-0.1, -0.05) is 0 Å². The first-order valence-corrected chi connectivity index (χ1v) is 4.39. The third-order valence-corrected chi connectivity index (χ3v) is 2.64. The van der Waals surface area contributed by atoms with Gasteiger partial charge in [0.05, 0.1) is 0 Å². The lowest BCUT2D eigenvalue weighted by atomic mass is 9.91. The zero-order valence-corrected chi connectivity index (χ0v) is 7.49. The first-order valence-electron chi connectivity index (χ1n) is 4.39. The van der Waals surface area contributed by atoms with Gasteiger partial charge in [0.15, 0.2) is 0 Å². The lowest BCUT2D eigenvalue weighted by Gasteiger charge is -2.32. The summed E-state index contributed by atoms with van der Waals surface area (Å²) in [5.41, 5.74) is 10.9. The molecule has 0 heterocycles. The van der Waals surface area contributed by atoms with E-state index in [2.05, 4.69) is 0 Å². The summed E-state index contributed by atoms with van der Waals surface area (Å²) in [5, 5.41) is 0. The van der Waals surface area contributed by atoms with E-state index in [-0.39, 0.29) is 6.03 Å². The number of carbonyl (C=O) groups is 1. The average molecular weight is 171 g/mol. The van der Waals surface area contributed by atoms with E-state index in [1.807, 2.05) is 0 Å². The van der Waals surface area contributed by atoms with Crippen LogP contribution in [-0.4, -0.2) is 30.1 Å². The molecular formula is C8H17N3O. The third-order valence-electron chi connectivity index (χ3n) is 2.64. The van der Waals surface area contributed by atoms with Gasteiger partial charge in [-0.3, -0.25) is 0 Å². The van der Waals surface area contributed by atoms with E-state index in [0.29, 0.717) is 12.1 Å². The van der Waals surface area contributed by atoms with Gasteiger partial charge in [-0.05, 0) is 25.7 Å². The first kappa shape index (κ1) is 9.32. The van der Waals surface area contributed by atoms with Crippen molar-refractivity contribution < 1.29 is 4.79 Å². The van der Waals surface area contributed by atoms with Crippen LogP contribution < -0.4 is 11.5 Å². The molecule has 0 radical (unpaired) electrons. The topological polar surface area (TPSA) is 72.3 Å². The van der Waals surface area contributed by atoms with E-state index in [4.69, 9.17) is 11.5 Å². The van der Waals surface area contributed by atoms with Crippen molar-refractivity contribution in [1.29, 1.82) is 0 Å². The molecule has 12 heavy (non-hydrogen) atoms. The quantitative estimate of drug-likeness (QED) is 0.594. The fourth-order valence-electron chi connectivity index (χ4n) is 1.67. The molecule has 0 unspecified atom stereocenters. The van der Waals surface area contributed by atoms with Crippen LogP contribution in [0.4, 0.5) is 4.79 Å². The minimum Gasteiger partial charge on any atom is -0.351 e. The summed E-state index contributed by atoms with van der Waals surface area (Å²) in [7, 11) is 1.75. The molecule has 4 heteroatoms. The van der Waals surface area contributed by atoms with E-state index < -0.39 is 0 Å². The lowest BCUT2D eigenvalue weighted by molar-refractivity contribution is 0.178. The third kappa shape index (κ3) is 2.11. The lowest BCUT2D eigenvalue weighted by Crippen LogP contribution is -2.44. The Morgan fingerprint density at radius 3 is 2.25 bits per heavy atom. The summed E-state index contributed by atoms with van der Waals surface area (Å²) in [5.74, 6) is 0. The first-order chi connectivity index (χ1) is 5.61. The van der Waals surface area contributed by atoms with Crippen LogP contribution in [0.5, 0.6) is 0 Å². The van der Waals surface area contributed by atoms with Crippen LogP contribution in [0.25, 0.3) is 0 Å². The van der Waals surface area contributed by atoms with E-state index in [9.17, 15) is 4.79 Å². The van der Waals surface area contributed by atoms with Crippen molar-refractivity contribution in [2.75, 3.05) is 7.05 Å². The van der Waals surface area contributed by atoms with Crippen LogP contribution >= 0.6 is 0 Å². The number of nitrogens with two attached hydrogens (primary N) is 2. The second kappa shape index (κ2) is 3.76. The summed E-state index contributed by atoms with van der Waals surface area (Å²) >= 11 is 0. The second-order valence-electron chi connectivity index (χ2n) is 3.52.